The Morgan fingerprint density at radius 1 is 1.40 bits per heavy atom. The number of hydrogen-bond donors (Lipinski definition) is 1. The van der Waals surface area contributed by atoms with Gasteiger partial charge in [0, 0.05) is 12.1 Å². The molecule has 0 radical (unpaired) electrons. The van der Waals surface area contributed by atoms with Crippen LogP contribution in [0.2, 0.25) is 5.02 Å². The average Bonchev–Trinajstić information content (AvgIpc) is 2.46. The summed E-state index contributed by atoms with van der Waals surface area (Å²) in [7, 11) is 0. The van der Waals surface area contributed by atoms with Gasteiger partial charge in [-0.3, -0.25) is 15.4 Å². The van der Waals surface area contributed by atoms with Crippen molar-refractivity contribution in [2.75, 3.05) is 0 Å². The first kappa shape index (κ1) is 14.8. The molecule has 2 rings (SSSR count). The zero-order valence-corrected chi connectivity index (χ0v) is 11.8. The van der Waals surface area contributed by atoms with E-state index in [4.69, 9.17) is 11.6 Å². The number of rotatable bonds is 4. The first-order valence-corrected chi connectivity index (χ1v) is 7.09. The van der Waals surface area contributed by atoms with Gasteiger partial charge in [-0.25, -0.2) is 0 Å². The summed E-state index contributed by atoms with van der Waals surface area (Å²) in [5, 5.41) is 23.6. The van der Waals surface area contributed by atoms with Crippen molar-refractivity contribution >= 4 is 17.3 Å². The Bertz CT molecular complexity index is 536. The Labute approximate surface area is 122 Å². The van der Waals surface area contributed by atoms with E-state index in [2.05, 4.69) is 11.4 Å². The quantitative estimate of drug-likeness (QED) is 0.677. The predicted molar refractivity (Wildman–Crippen MR) is 76.5 cm³/mol. The maximum Gasteiger partial charge on any atom is 0.288 e. The van der Waals surface area contributed by atoms with Crippen LogP contribution in [0.15, 0.2) is 18.2 Å². The van der Waals surface area contributed by atoms with Crippen molar-refractivity contribution in [3.63, 3.8) is 0 Å². The Morgan fingerprint density at radius 2 is 2.10 bits per heavy atom. The zero-order valence-electron chi connectivity index (χ0n) is 11.0. The van der Waals surface area contributed by atoms with Crippen LogP contribution in [-0.2, 0) is 0 Å². The van der Waals surface area contributed by atoms with Crippen molar-refractivity contribution < 1.29 is 4.92 Å². The summed E-state index contributed by atoms with van der Waals surface area (Å²) < 4.78 is 0. The van der Waals surface area contributed by atoms with Gasteiger partial charge in [0.05, 0.1) is 11.0 Å². The molecule has 1 N–H and O–H groups in total. The Kier molecular flexibility index (Phi) is 4.94. The van der Waals surface area contributed by atoms with Crippen LogP contribution < -0.4 is 5.32 Å². The van der Waals surface area contributed by atoms with E-state index < -0.39 is 11.0 Å². The smallest absolute Gasteiger partial charge is 0.288 e. The molecule has 0 heterocycles. The lowest BCUT2D eigenvalue weighted by molar-refractivity contribution is -0.384. The predicted octanol–water partition coefficient (Wildman–Crippen LogP) is 3.74. The molecule has 1 aromatic rings. The number of halogens is 1. The average molecular weight is 294 g/mol. The number of hydrogen-bond acceptors (Lipinski definition) is 4. The maximum atomic E-state index is 10.9. The molecular weight excluding hydrogens is 278 g/mol. The second-order valence-electron chi connectivity index (χ2n) is 5.03. The highest BCUT2D eigenvalue weighted by molar-refractivity contribution is 6.32. The third-order valence-electron chi connectivity index (χ3n) is 3.64. The minimum absolute atomic E-state index is 0.0908. The van der Waals surface area contributed by atoms with Gasteiger partial charge in [0.2, 0.25) is 0 Å². The largest absolute Gasteiger partial charge is 0.295 e. The maximum absolute atomic E-state index is 10.9. The lowest BCUT2D eigenvalue weighted by atomic mass is 9.94. The molecule has 1 aliphatic carbocycles. The topological polar surface area (TPSA) is 79.0 Å². The minimum Gasteiger partial charge on any atom is -0.295 e. The third kappa shape index (κ3) is 3.47. The fraction of sp³-hybridized carbons (Fsp3) is 0.500. The molecule has 0 bridgehead atoms. The Balaban J connectivity index is 2.17. The molecular formula is C14H16ClN3O2. The normalized spacial score (nSPS) is 17.4. The Hall–Kier alpha value is -1.64. The summed E-state index contributed by atoms with van der Waals surface area (Å²) >= 11 is 5.79. The van der Waals surface area contributed by atoms with Crippen LogP contribution in [0.1, 0.15) is 43.7 Å². The second-order valence-corrected chi connectivity index (χ2v) is 5.44. The number of nitro benzene ring substituents is 1. The molecule has 0 spiro atoms. The molecule has 1 aromatic carbocycles. The van der Waals surface area contributed by atoms with Crippen molar-refractivity contribution in [2.45, 2.75) is 44.2 Å². The van der Waals surface area contributed by atoms with Gasteiger partial charge >= 0.3 is 0 Å². The van der Waals surface area contributed by atoms with E-state index in [1.54, 1.807) is 6.07 Å². The number of nitro groups is 1. The summed E-state index contributed by atoms with van der Waals surface area (Å²) in [5.74, 6) is 0. The molecule has 1 atom stereocenters. The van der Waals surface area contributed by atoms with E-state index in [1.807, 2.05) is 0 Å². The molecule has 20 heavy (non-hydrogen) atoms. The molecule has 0 amide bonds. The minimum atomic E-state index is -0.533. The van der Waals surface area contributed by atoms with E-state index in [9.17, 15) is 15.4 Å². The van der Waals surface area contributed by atoms with E-state index in [-0.39, 0.29) is 10.7 Å². The molecule has 106 valence electrons. The van der Waals surface area contributed by atoms with E-state index in [0.29, 0.717) is 11.6 Å². The van der Waals surface area contributed by atoms with Crippen LogP contribution >= 0.6 is 11.6 Å². The molecule has 0 aromatic heterocycles. The highest BCUT2D eigenvalue weighted by Gasteiger charge is 2.21. The van der Waals surface area contributed by atoms with Crippen LogP contribution in [0.3, 0.4) is 0 Å². The van der Waals surface area contributed by atoms with Crippen molar-refractivity contribution in [2.24, 2.45) is 0 Å². The summed E-state index contributed by atoms with van der Waals surface area (Å²) in [4.78, 5) is 10.4. The summed E-state index contributed by atoms with van der Waals surface area (Å²) in [6.07, 6.45) is 5.66. The van der Waals surface area contributed by atoms with Gasteiger partial charge < -0.3 is 0 Å². The molecule has 1 aliphatic rings. The van der Waals surface area contributed by atoms with Crippen LogP contribution in [0.5, 0.6) is 0 Å². The molecule has 0 aliphatic heterocycles. The van der Waals surface area contributed by atoms with Crippen molar-refractivity contribution in [3.05, 3.63) is 38.9 Å². The molecule has 1 fully saturated rings. The Morgan fingerprint density at radius 3 is 2.70 bits per heavy atom. The van der Waals surface area contributed by atoms with Crippen LogP contribution in [0, 0.1) is 21.4 Å². The van der Waals surface area contributed by atoms with Crippen molar-refractivity contribution in [1.82, 2.24) is 5.32 Å². The number of benzene rings is 1. The standard InChI is InChI=1S/C14H16ClN3O2/c15-12-7-6-10(8-14(12)18(19)20)13(9-16)17-11-4-2-1-3-5-11/h6-8,11,13,17H,1-5H2. The number of nitrogens with one attached hydrogen (secondary N) is 1. The summed E-state index contributed by atoms with van der Waals surface area (Å²) in [6.45, 7) is 0. The van der Waals surface area contributed by atoms with Crippen LogP contribution in [-0.4, -0.2) is 11.0 Å². The summed E-state index contributed by atoms with van der Waals surface area (Å²) in [5.41, 5.74) is 0.434. The molecule has 6 heteroatoms. The third-order valence-corrected chi connectivity index (χ3v) is 3.96. The van der Waals surface area contributed by atoms with Crippen molar-refractivity contribution in [1.29, 1.82) is 5.26 Å². The SMILES string of the molecule is N#CC(NC1CCCCC1)c1ccc(Cl)c([N+](=O)[O-])c1. The van der Waals surface area contributed by atoms with Crippen LogP contribution in [0.4, 0.5) is 5.69 Å². The monoisotopic (exact) mass is 293 g/mol. The van der Waals surface area contributed by atoms with E-state index in [1.165, 1.54) is 18.6 Å². The zero-order chi connectivity index (χ0) is 14.5. The van der Waals surface area contributed by atoms with E-state index >= 15 is 0 Å². The van der Waals surface area contributed by atoms with Gasteiger partial charge in [-0.2, -0.15) is 5.26 Å². The van der Waals surface area contributed by atoms with Gasteiger partial charge in [-0.15, -0.1) is 0 Å². The summed E-state index contributed by atoms with van der Waals surface area (Å²) in [6, 6.07) is 6.47. The lowest BCUT2D eigenvalue weighted by Gasteiger charge is -2.25. The van der Waals surface area contributed by atoms with Gasteiger partial charge in [0.1, 0.15) is 11.1 Å². The molecule has 1 saturated carbocycles. The van der Waals surface area contributed by atoms with Gasteiger partial charge in [-0.05, 0) is 24.5 Å². The van der Waals surface area contributed by atoms with Gasteiger partial charge in [0.25, 0.3) is 5.69 Å². The number of nitriles is 1. The molecule has 0 saturated heterocycles. The number of nitrogens with zero attached hydrogens (tertiary/aromatic N) is 2. The van der Waals surface area contributed by atoms with E-state index in [0.717, 1.165) is 25.7 Å². The van der Waals surface area contributed by atoms with Crippen LogP contribution in [0.25, 0.3) is 0 Å². The first-order chi connectivity index (χ1) is 9.61. The van der Waals surface area contributed by atoms with Crippen molar-refractivity contribution in [3.8, 4) is 6.07 Å². The molecule has 5 nitrogen and oxygen atoms in total. The fourth-order valence-corrected chi connectivity index (χ4v) is 2.75. The second kappa shape index (κ2) is 6.69. The highest BCUT2D eigenvalue weighted by Crippen LogP contribution is 2.28. The van der Waals surface area contributed by atoms with Gasteiger partial charge in [-0.1, -0.05) is 36.9 Å². The lowest BCUT2D eigenvalue weighted by Crippen LogP contribution is -2.33. The highest BCUT2D eigenvalue weighted by atomic mass is 35.5. The fourth-order valence-electron chi connectivity index (χ4n) is 2.56. The molecule has 1 unspecified atom stereocenters. The van der Waals surface area contributed by atoms with Gasteiger partial charge in [0.15, 0.2) is 0 Å². The first-order valence-electron chi connectivity index (χ1n) is 6.71.